The van der Waals surface area contributed by atoms with E-state index in [1.807, 2.05) is 11.8 Å². The third kappa shape index (κ3) is 4.60. The summed E-state index contributed by atoms with van der Waals surface area (Å²) >= 11 is 7.33. The minimum atomic E-state index is -2.90. The number of rotatable bonds is 6. The number of fused-ring (bicyclic) bond motifs is 2. The summed E-state index contributed by atoms with van der Waals surface area (Å²) in [6.45, 7) is 3.01. The van der Waals surface area contributed by atoms with Gasteiger partial charge in [-0.1, -0.05) is 29.0 Å². The molecule has 1 saturated heterocycles. The summed E-state index contributed by atoms with van der Waals surface area (Å²) in [5, 5.41) is 12.7. The molecular formula is C27H26ClF3N6O2S. The zero-order valence-corrected chi connectivity index (χ0v) is 23.1. The molecule has 2 aliphatic heterocycles. The monoisotopic (exact) mass is 590 g/mol. The summed E-state index contributed by atoms with van der Waals surface area (Å²) in [5.41, 5.74) is -0.711. The van der Waals surface area contributed by atoms with Crippen molar-refractivity contribution in [2.45, 2.75) is 50.5 Å². The van der Waals surface area contributed by atoms with Crippen molar-refractivity contribution < 1.29 is 22.8 Å². The Kier molecular flexibility index (Phi) is 6.94. The van der Waals surface area contributed by atoms with Gasteiger partial charge in [-0.2, -0.15) is 0 Å². The normalized spacial score (nSPS) is 21.6. The summed E-state index contributed by atoms with van der Waals surface area (Å²) in [7, 11) is 0. The maximum atomic E-state index is 15.2. The number of benzene rings is 1. The lowest BCUT2D eigenvalue weighted by molar-refractivity contribution is -0.124. The smallest absolute Gasteiger partial charge is 0.281 e. The zero-order valence-electron chi connectivity index (χ0n) is 21.5. The van der Waals surface area contributed by atoms with Crippen LogP contribution in [0, 0.1) is 18.7 Å². The van der Waals surface area contributed by atoms with E-state index in [1.54, 1.807) is 17.0 Å². The molecule has 1 spiro atoms. The highest BCUT2D eigenvalue weighted by Crippen LogP contribution is 2.50. The number of nitrogens with one attached hydrogen (secondary N) is 1. The first-order chi connectivity index (χ1) is 19.2. The predicted octanol–water partition coefficient (Wildman–Crippen LogP) is 5.07. The van der Waals surface area contributed by atoms with Gasteiger partial charge in [-0.3, -0.25) is 14.6 Å². The zero-order chi connectivity index (χ0) is 28.2. The first-order valence-electron chi connectivity index (χ1n) is 13.1. The van der Waals surface area contributed by atoms with Gasteiger partial charge in [0.25, 0.3) is 12.3 Å². The first kappa shape index (κ1) is 26.9. The van der Waals surface area contributed by atoms with Crippen LogP contribution >= 0.6 is 22.9 Å². The molecule has 1 aromatic carbocycles. The van der Waals surface area contributed by atoms with Crippen LogP contribution < -0.4 is 15.1 Å². The molecule has 2 aromatic heterocycles. The van der Waals surface area contributed by atoms with E-state index in [9.17, 15) is 18.4 Å². The van der Waals surface area contributed by atoms with Crippen molar-refractivity contribution in [2.75, 3.05) is 29.4 Å². The molecule has 8 nitrogen and oxygen atoms in total. The Morgan fingerprint density at radius 2 is 1.98 bits per heavy atom. The van der Waals surface area contributed by atoms with E-state index < -0.39 is 23.4 Å². The van der Waals surface area contributed by atoms with Crippen molar-refractivity contribution in [2.24, 2.45) is 5.92 Å². The SMILES string of the molecule is Cc1nnc(N2CC3(C2)C(=O)N(CC2CCC(NC(=O)c4cc(Cl)cnc4C(F)F)CC2)c2cccc(F)c23)s1. The molecule has 0 atom stereocenters. The van der Waals surface area contributed by atoms with Crippen molar-refractivity contribution in [3.05, 3.63) is 63.1 Å². The number of aryl methyl sites for hydroxylation is 1. The molecule has 3 aromatic rings. The molecule has 1 saturated carbocycles. The minimum Gasteiger partial charge on any atom is -0.349 e. The number of alkyl halides is 2. The lowest BCUT2D eigenvalue weighted by atomic mass is 9.74. The van der Waals surface area contributed by atoms with E-state index >= 15 is 4.39 Å². The van der Waals surface area contributed by atoms with Gasteiger partial charge in [0.1, 0.15) is 21.9 Å². The maximum absolute atomic E-state index is 15.2. The molecular weight excluding hydrogens is 565 g/mol. The molecule has 6 rings (SSSR count). The van der Waals surface area contributed by atoms with Gasteiger partial charge in [-0.15, -0.1) is 10.2 Å². The highest BCUT2D eigenvalue weighted by molar-refractivity contribution is 7.15. The van der Waals surface area contributed by atoms with Crippen LogP contribution in [0.3, 0.4) is 0 Å². The second-order valence-electron chi connectivity index (χ2n) is 10.7. The summed E-state index contributed by atoms with van der Waals surface area (Å²) < 4.78 is 41.9. The second kappa shape index (κ2) is 10.3. The van der Waals surface area contributed by atoms with Crippen LogP contribution in [0.2, 0.25) is 5.02 Å². The number of carbonyl (C=O) groups is 2. The number of hydrogen-bond donors (Lipinski definition) is 1. The van der Waals surface area contributed by atoms with E-state index in [1.165, 1.54) is 23.5 Å². The Hall–Kier alpha value is -3.25. The molecule has 2 amide bonds. The van der Waals surface area contributed by atoms with E-state index in [0.717, 1.165) is 29.2 Å². The molecule has 1 N–H and O–H groups in total. The molecule has 1 aliphatic carbocycles. The van der Waals surface area contributed by atoms with E-state index in [-0.39, 0.29) is 34.3 Å². The van der Waals surface area contributed by atoms with Crippen LogP contribution in [0.1, 0.15) is 58.7 Å². The quantitative estimate of drug-likeness (QED) is 0.431. The van der Waals surface area contributed by atoms with Crippen molar-refractivity contribution in [3.63, 3.8) is 0 Å². The fourth-order valence-corrected chi connectivity index (χ4v) is 6.98. The number of anilines is 2. The highest BCUT2D eigenvalue weighted by Gasteiger charge is 2.60. The average molecular weight is 591 g/mol. The highest BCUT2D eigenvalue weighted by atomic mass is 35.5. The molecule has 0 unspecified atom stereocenters. The van der Waals surface area contributed by atoms with Gasteiger partial charge in [0.15, 0.2) is 0 Å². The number of halogens is 4. The van der Waals surface area contributed by atoms with Crippen LogP contribution in [0.25, 0.3) is 0 Å². The Balaban J connectivity index is 1.11. The Bertz CT molecular complexity index is 1470. The van der Waals surface area contributed by atoms with Crippen molar-refractivity contribution in [1.29, 1.82) is 0 Å². The van der Waals surface area contributed by atoms with Gasteiger partial charge in [-0.05, 0) is 56.7 Å². The van der Waals surface area contributed by atoms with Gasteiger partial charge < -0.3 is 15.1 Å². The van der Waals surface area contributed by atoms with Gasteiger partial charge in [0.2, 0.25) is 11.0 Å². The molecule has 2 fully saturated rings. The van der Waals surface area contributed by atoms with Crippen LogP contribution in [-0.2, 0) is 10.2 Å². The Morgan fingerprint density at radius 3 is 2.65 bits per heavy atom. The first-order valence-corrected chi connectivity index (χ1v) is 14.3. The molecule has 40 heavy (non-hydrogen) atoms. The third-order valence-electron chi connectivity index (χ3n) is 8.08. The van der Waals surface area contributed by atoms with Gasteiger partial charge in [-0.25, -0.2) is 13.2 Å². The number of pyridine rings is 1. The number of nitrogens with zero attached hydrogens (tertiary/aromatic N) is 5. The number of aromatic nitrogens is 3. The molecule has 4 heterocycles. The van der Waals surface area contributed by atoms with Crippen LogP contribution in [0.15, 0.2) is 30.5 Å². The Labute approximate surface area is 237 Å². The van der Waals surface area contributed by atoms with Gasteiger partial charge in [0.05, 0.1) is 16.3 Å². The van der Waals surface area contributed by atoms with Crippen molar-refractivity contribution in [1.82, 2.24) is 20.5 Å². The van der Waals surface area contributed by atoms with E-state index in [0.29, 0.717) is 43.7 Å². The molecule has 0 radical (unpaired) electrons. The lowest BCUT2D eigenvalue weighted by Gasteiger charge is -2.46. The van der Waals surface area contributed by atoms with E-state index in [2.05, 4.69) is 20.5 Å². The summed E-state index contributed by atoms with van der Waals surface area (Å²) in [5.74, 6) is -0.968. The van der Waals surface area contributed by atoms with Crippen LogP contribution in [0.5, 0.6) is 0 Å². The largest absolute Gasteiger partial charge is 0.349 e. The summed E-state index contributed by atoms with van der Waals surface area (Å²) in [4.78, 5) is 33.9. The van der Waals surface area contributed by atoms with Gasteiger partial charge >= 0.3 is 0 Å². The fourth-order valence-electron chi connectivity index (χ4n) is 6.13. The Morgan fingerprint density at radius 1 is 1.23 bits per heavy atom. The topological polar surface area (TPSA) is 91.3 Å². The average Bonchev–Trinajstić information content (AvgIpc) is 3.43. The van der Waals surface area contributed by atoms with Crippen molar-refractivity contribution in [3.8, 4) is 0 Å². The maximum Gasteiger partial charge on any atom is 0.281 e. The van der Waals surface area contributed by atoms with Crippen molar-refractivity contribution >= 4 is 45.6 Å². The standard InChI is InChI=1S/C27H26ClF3N6O2S/c1-14-34-35-26(40-14)36-12-27(13-36)21-19(29)3-2-4-20(21)37(25(27)39)11-15-5-7-17(8-6-15)33-24(38)18-9-16(28)10-32-22(18)23(30)31/h2-4,9-10,15,17,23H,5-8,11-13H2,1H3,(H,33,38). The molecule has 0 bridgehead atoms. The molecule has 13 heteroatoms. The number of carbonyl (C=O) groups excluding carboxylic acids is 2. The number of amides is 2. The van der Waals surface area contributed by atoms with Gasteiger partial charge in [0, 0.05) is 37.4 Å². The number of hydrogen-bond acceptors (Lipinski definition) is 7. The van der Waals surface area contributed by atoms with Crippen LogP contribution in [0.4, 0.5) is 24.0 Å². The van der Waals surface area contributed by atoms with Crippen LogP contribution in [-0.4, -0.2) is 52.7 Å². The minimum absolute atomic E-state index is 0.103. The summed E-state index contributed by atoms with van der Waals surface area (Å²) in [6, 6.07) is 5.83. The fraction of sp³-hybridized carbons (Fsp3) is 0.444. The summed E-state index contributed by atoms with van der Waals surface area (Å²) in [6.07, 6.45) is 0.893. The molecule has 210 valence electrons. The van der Waals surface area contributed by atoms with E-state index in [4.69, 9.17) is 11.6 Å². The lowest BCUT2D eigenvalue weighted by Crippen LogP contribution is -2.64. The predicted molar refractivity (Wildman–Crippen MR) is 145 cm³/mol. The third-order valence-corrected chi connectivity index (χ3v) is 9.19. The molecule has 3 aliphatic rings. The second-order valence-corrected chi connectivity index (χ2v) is 12.3.